The number of benzene rings is 2. The Morgan fingerprint density at radius 1 is 1.03 bits per heavy atom. The Morgan fingerprint density at radius 2 is 1.67 bits per heavy atom. The number of para-hydroxylation sites is 1. The predicted molar refractivity (Wildman–Crippen MR) is 114 cm³/mol. The van der Waals surface area contributed by atoms with Crippen LogP contribution in [0.2, 0.25) is 0 Å². The Morgan fingerprint density at radius 3 is 2.23 bits per heavy atom. The van der Waals surface area contributed by atoms with Crippen LogP contribution in [0.3, 0.4) is 0 Å². The van der Waals surface area contributed by atoms with Gasteiger partial charge in [-0.15, -0.1) is 0 Å². The summed E-state index contributed by atoms with van der Waals surface area (Å²) in [6.07, 6.45) is 0. The molecule has 8 heteroatoms. The summed E-state index contributed by atoms with van der Waals surface area (Å²) in [4.78, 5) is 36.1. The summed E-state index contributed by atoms with van der Waals surface area (Å²) in [7, 11) is 0. The molecular formula is C22H25N5O3. The summed E-state index contributed by atoms with van der Waals surface area (Å²) in [6, 6.07) is 13.4. The lowest BCUT2D eigenvalue weighted by Crippen LogP contribution is -2.52. The van der Waals surface area contributed by atoms with Crippen LogP contribution in [0.4, 0.5) is 0 Å². The number of nitrogens with zero attached hydrogens (tertiary/aromatic N) is 2. The fourth-order valence-electron chi connectivity index (χ4n) is 3.28. The third kappa shape index (κ3) is 4.32. The zero-order chi connectivity index (χ0) is 22.1. The van der Waals surface area contributed by atoms with Gasteiger partial charge in [-0.25, -0.2) is 0 Å². The van der Waals surface area contributed by atoms with Crippen molar-refractivity contribution in [2.75, 3.05) is 0 Å². The highest BCUT2D eigenvalue weighted by Crippen LogP contribution is 2.22. The summed E-state index contributed by atoms with van der Waals surface area (Å²) in [5, 5.41) is 7.89. The third-order valence-corrected chi connectivity index (χ3v) is 4.87. The lowest BCUT2D eigenvalue weighted by molar-refractivity contribution is -0.122. The van der Waals surface area contributed by atoms with Gasteiger partial charge in [-0.2, -0.15) is 5.10 Å². The van der Waals surface area contributed by atoms with E-state index in [1.54, 1.807) is 35.0 Å². The molecule has 0 aliphatic heterocycles. The monoisotopic (exact) mass is 407 g/mol. The number of carbonyl (C=O) groups is 3. The summed E-state index contributed by atoms with van der Waals surface area (Å²) in [6.45, 7) is 5.88. The van der Waals surface area contributed by atoms with E-state index >= 15 is 0 Å². The molecule has 0 aliphatic carbocycles. The summed E-state index contributed by atoms with van der Waals surface area (Å²) in [5.74, 6) is -1.56. The zero-order valence-electron chi connectivity index (χ0n) is 17.2. The van der Waals surface area contributed by atoms with Crippen molar-refractivity contribution in [2.45, 2.75) is 33.4 Å². The average Bonchev–Trinajstić information content (AvgIpc) is 3.04. The van der Waals surface area contributed by atoms with Gasteiger partial charge in [0.05, 0.1) is 12.1 Å². The Kier molecular flexibility index (Phi) is 5.60. The van der Waals surface area contributed by atoms with Gasteiger partial charge in [0.2, 0.25) is 11.8 Å². The molecule has 156 valence electrons. The van der Waals surface area contributed by atoms with Crippen LogP contribution < -0.4 is 16.8 Å². The normalized spacial score (nSPS) is 12.5. The van der Waals surface area contributed by atoms with Crippen molar-refractivity contribution in [3.63, 3.8) is 0 Å². The van der Waals surface area contributed by atoms with Gasteiger partial charge in [0.1, 0.15) is 6.04 Å². The second kappa shape index (κ2) is 7.98. The molecule has 0 aliphatic rings. The fourth-order valence-corrected chi connectivity index (χ4v) is 3.28. The van der Waals surface area contributed by atoms with Crippen molar-refractivity contribution in [2.24, 2.45) is 16.9 Å². The Labute approximate surface area is 174 Å². The van der Waals surface area contributed by atoms with Crippen LogP contribution in [0.25, 0.3) is 10.9 Å². The van der Waals surface area contributed by atoms with Crippen LogP contribution in [0.15, 0.2) is 48.5 Å². The number of aromatic nitrogens is 2. The maximum Gasteiger partial charge on any atom is 0.273 e. The quantitative estimate of drug-likeness (QED) is 0.575. The number of amides is 3. The lowest BCUT2D eigenvalue weighted by Gasteiger charge is -2.28. The van der Waals surface area contributed by atoms with Gasteiger partial charge in [-0.05, 0) is 29.2 Å². The molecule has 0 radical (unpaired) electrons. The molecule has 0 bridgehead atoms. The van der Waals surface area contributed by atoms with Gasteiger partial charge in [0.25, 0.3) is 5.91 Å². The standard InChI is InChI=1S/C22H25N5O3/c1-22(2,3)18(20(24)29)25-21(30)17-15-6-4-5-7-16(15)27(26-17)12-13-8-10-14(11-9-13)19(23)28/h4-11,18H,12H2,1-3H3,(H2,23,28)(H2,24,29)(H,25,30)/t18-/m1/s1. The molecule has 3 amide bonds. The van der Waals surface area contributed by atoms with E-state index in [4.69, 9.17) is 11.5 Å². The molecule has 1 aromatic heterocycles. The molecule has 0 spiro atoms. The Hall–Kier alpha value is -3.68. The summed E-state index contributed by atoms with van der Waals surface area (Å²) in [5.41, 5.74) is 12.5. The van der Waals surface area contributed by atoms with Crippen molar-refractivity contribution < 1.29 is 14.4 Å². The van der Waals surface area contributed by atoms with Crippen LogP contribution in [0.1, 0.15) is 47.2 Å². The maximum atomic E-state index is 13.0. The van der Waals surface area contributed by atoms with Crippen LogP contribution in [0.5, 0.6) is 0 Å². The highest BCUT2D eigenvalue weighted by molar-refractivity contribution is 6.06. The Balaban J connectivity index is 1.94. The van der Waals surface area contributed by atoms with E-state index in [1.165, 1.54) is 0 Å². The van der Waals surface area contributed by atoms with E-state index < -0.39 is 29.2 Å². The van der Waals surface area contributed by atoms with Crippen molar-refractivity contribution in [1.29, 1.82) is 0 Å². The van der Waals surface area contributed by atoms with Gasteiger partial charge in [-0.3, -0.25) is 19.1 Å². The third-order valence-electron chi connectivity index (χ3n) is 4.87. The first-order valence-corrected chi connectivity index (χ1v) is 9.52. The van der Waals surface area contributed by atoms with Crippen molar-refractivity contribution in [1.82, 2.24) is 15.1 Å². The first-order chi connectivity index (χ1) is 14.1. The van der Waals surface area contributed by atoms with Crippen LogP contribution in [0, 0.1) is 5.41 Å². The number of carbonyl (C=O) groups excluding carboxylic acids is 3. The first kappa shape index (κ1) is 21.0. The number of hydrogen-bond donors (Lipinski definition) is 3. The molecule has 0 saturated heterocycles. The molecule has 1 heterocycles. The van der Waals surface area contributed by atoms with E-state index in [0.29, 0.717) is 17.5 Å². The van der Waals surface area contributed by atoms with Crippen molar-refractivity contribution >= 4 is 28.6 Å². The highest BCUT2D eigenvalue weighted by Gasteiger charge is 2.32. The molecule has 5 N–H and O–H groups in total. The molecular weight excluding hydrogens is 382 g/mol. The first-order valence-electron chi connectivity index (χ1n) is 9.52. The zero-order valence-corrected chi connectivity index (χ0v) is 17.2. The van der Waals surface area contributed by atoms with E-state index in [0.717, 1.165) is 11.1 Å². The molecule has 3 rings (SSSR count). The molecule has 0 fully saturated rings. The molecule has 0 unspecified atom stereocenters. The van der Waals surface area contributed by atoms with Gasteiger partial charge in [0.15, 0.2) is 5.69 Å². The minimum atomic E-state index is -0.838. The van der Waals surface area contributed by atoms with Crippen molar-refractivity contribution in [3.05, 3.63) is 65.4 Å². The van der Waals surface area contributed by atoms with E-state index in [-0.39, 0.29) is 5.69 Å². The predicted octanol–water partition coefficient (Wildman–Crippen LogP) is 1.81. The van der Waals surface area contributed by atoms with E-state index in [1.807, 2.05) is 39.0 Å². The topological polar surface area (TPSA) is 133 Å². The maximum absolute atomic E-state index is 13.0. The molecule has 30 heavy (non-hydrogen) atoms. The van der Waals surface area contributed by atoms with Crippen LogP contribution >= 0.6 is 0 Å². The van der Waals surface area contributed by atoms with Gasteiger partial charge in [0, 0.05) is 10.9 Å². The molecule has 2 aromatic carbocycles. The minimum Gasteiger partial charge on any atom is -0.368 e. The smallest absolute Gasteiger partial charge is 0.273 e. The number of nitrogens with two attached hydrogens (primary N) is 2. The van der Waals surface area contributed by atoms with Gasteiger partial charge >= 0.3 is 0 Å². The summed E-state index contributed by atoms with van der Waals surface area (Å²) >= 11 is 0. The second-order valence-corrected chi connectivity index (χ2v) is 8.26. The SMILES string of the molecule is CC(C)(C)[C@H](NC(=O)c1nn(Cc2ccc(C(N)=O)cc2)c2ccccc12)C(N)=O. The van der Waals surface area contributed by atoms with Crippen LogP contribution in [-0.4, -0.2) is 33.5 Å². The molecule has 1 atom stereocenters. The van der Waals surface area contributed by atoms with Gasteiger partial charge in [-0.1, -0.05) is 51.1 Å². The fraction of sp³-hybridized carbons (Fsp3) is 0.273. The number of rotatable bonds is 6. The van der Waals surface area contributed by atoms with Crippen molar-refractivity contribution in [3.8, 4) is 0 Å². The number of hydrogen-bond acceptors (Lipinski definition) is 4. The second-order valence-electron chi connectivity index (χ2n) is 8.26. The largest absolute Gasteiger partial charge is 0.368 e. The minimum absolute atomic E-state index is 0.217. The van der Waals surface area contributed by atoms with Crippen LogP contribution in [-0.2, 0) is 11.3 Å². The molecule has 8 nitrogen and oxygen atoms in total. The average molecular weight is 407 g/mol. The number of fused-ring (bicyclic) bond motifs is 1. The molecule has 3 aromatic rings. The van der Waals surface area contributed by atoms with E-state index in [2.05, 4.69) is 10.4 Å². The number of nitrogens with one attached hydrogen (secondary N) is 1. The molecule has 0 saturated carbocycles. The number of primary amides is 2. The lowest BCUT2D eigenvalue weighted by atomic mass is 9.86. The van der Waals surface area contributed by atoms with Gasteiger partial charge < -0.3 is 16.8 Å². The Bertz CT molecular complexity index is 1110. The summed E-state index contributed by atoms with van der Waals surface area (Å²) < 4.78 is 1.71. The van der Waals surface area contributed by atoms with E-state index in [9.17, 15) is 14.4 Å². The highest BCUT2D eigenvalue weighted by atomic mass is 16.2.